The fourth-order valence-corrected chi connectivity index (χ4v) is 1.32. The van der Waals surface area contributed by atoms with Gasteiger partial charge < -0.3 is 10.5 Å². The summed E-state index contributed by atoms with van der Waals surface area (Å²) in [5, 5.41) is 0. The van der Waals surface area contributed by atoms with E-state index < -0.39 is 6.61 Å². The van der Waals surface area contributed by atoms with Crippen LogP contribution in [0.5, 0.6) is 5.75 Å². The normalized spacial score (nSPS) is 12.5. The van der Waals surface area contributed by atoms with Gasteiger partial charge in [-0.3, -0.25) is 4.79 Å². The molecule has 0 aliphatic heterocycles. The smallest absolute Gasteiger partial charge is 0.387 e. The Labute approximate surface area is 98.6 Å². The van der Waals surface area contributed by atoms with Crippen molar-refractivity contribution < 1.29 is 18.3 Å². The summed E-state index contributed by atoms with van der Waals surface area (Å²) in [5.41, 5.74) is 6.12. The summed E-state index contributed by atoms with van der Waals surface area (Å²) >= 11 is 0. The van der Waals surface area contributed by atoms with Gasteiger partial charge in [0.05, 0.1) is 0 Å². The van der Waals surface area contributed by atoms with Gasteiger partial charge in [-0.15, -0.1) is 0 Å². The van der Waals surface area contributed by atoms with Crippen molar-refractivity contribution in [1.82, 2.24) is 0 Å². The van der Waals surface area contributed by atoms with Crippen molar-refractivity contribution in [2.24, 2.45) is 5.73 Å². The zero-order chi connectivity index (χ0) is 12.8. The lowest BCUT2D eigenvalue weighted by Crippen LogP contribution is -2.22. The van der Waals surface area contributed by atoms with Crippen molar-refractivity contribution in [3.63, 3.8) is 0 Å². The zero-order valence-electron chi connectivity index (χ0n) is 9.53. The van der Waals surface area contributed by atoms with Crippen molar-refractivity contribution in [2.45, 2.75) is 32.4 Å². The van der Waals surface area contributed by atoms with E-state index in [0.29, 0.717) is 5.56 Å². The number of ketones is 1. The first-order chi connectivity index (χ1) is 8.02. The summed E-state index contributed by atoms with van der Waals surface area (Å²) in [7, 11) is 0. The molecule has 0 bridgehead atoms. The molecular formula is C12H15F2NO2. The summed E-state index contributed by atoms with van der Waals surface area (Å²) in [6, 6.07) is 5.44. The molecule has 0 aromatic heterocycles. The van der Waals surface area contributed by atoms with E-state index in [1.165, 1.54) is 24.3 Å². The Balaban J connectivity index is 2.64. The number of ether oxygens (including phenoxy) is 1. The zero-order valence-corrected chi connectivity index (χ0v) is 9.53. The molecule has 2 N–H and O–H groups in total. The Morgan fingerprint density at radius 2 is 1.94 bits per heavy atom. The molecule has 1 unspecified atom stereocenters. The Hall–Kier alpha value is -1.49. The SMILES string of the molecule is CCC(N)CC(=O)c1ccc(OC(F)F)cc1. The molecule has 0 amide bonds. The van der Waals surface area contributed by atoms with Crippen molar-refractivity contribution in [2.75, 3.05) is 0 Å². The lowest BCUT2D eigenvalue weighted by atomic mass is 10.0. The Bertz CT molecular complexity index is 365. The number of nitrogens with two attached hydrogens (primary N) is 1. The molecule has 5 heteroatoms. The second-order valence-corrected chi connectivity index (χ2v) is 3.70. The molecule has 0 aliphatic carbocycles. The quantitative estimate of drug-likeness (QED) is 0.781. The standard InChI is InChI=1S/C12H15F2NO2/c1-2-9(15)7-11(16)8-3-5-10(6-4-8)17-12(13)14/h3-6,9,12H,2,7,15H2,1H3. The number of hydrogen-bond donors (Lipinski definition) is 1. The number of rotatable bonds is 6. The molecule has 0 heterocycles. The van der Waals surface area contributed by atoms with Crippen LogP contribution >= 0.6 is 0 Å². The number of halogens is 2. The third kappa shape index (κ3) is 4.48. The van der Waals surface area contributed by atoms with E-state index in [-0.39, 0.29) is 24.0 Å². The van der Waals surface area contributed by atoms with Crippen molar-refractivity contribution >= 4 is 5.78 Å². The summed E-state index contributed by atoms with van der Waals surface area (Å²) < 4.78 is 28.0. The molecule has 0 radical (unpaired) electrons. The first-order valence-electron chi connectivity index (χ1n) is 5.36. The van der Waals surface area contributed by atoms with Crippen LogP contribution in [-0.4, -0.2) is 18.4 Å². The van der Waals surface area contributed by atoms with Crippen LogP contribution in [0.25, 0.3) is 0 Å². The van der Waals surface area contributed by atoms with Gasteiger partial charge in [0, 0.05) is 18.0 Å². The number of hydrogen-bond acceptors (Lipinski definition) is 3. The molecule has 94 valence electrons. The van der Waals surface area contributed by atoms with Gasteiger partial charge in [0.2, 0.25) is 0 Å². The highest BCUT2D eigenvalue weighted by molar-refractivity contribution is 5.96. The second-order valence-electron chi connectivity index (χ2n) is 3.70. The molecular weight excluding hydrogens is 228 g/mol. The van der Waals surface area contributed by atoms with E-state index >= 15 is 0 Å². The van der Waals surface area contributed by atoms with Gasteiger partial charge in [0.15, 0.2) is 5.78 Å². The van der Waals surface area contributed by atoms with Crippen LogP contribution in [0, 0.1) is 0 Å². The Morgan fingerprint density at radius 3 is 2.41 bits per heavy atom. The molecule has 3 nitrogen and oxygen atoms in total. The van der Waals surface area contributed by atoms with Crippen LogP contribution in [0.4, 0.5) is 8.78 Å². The molecule has 0 saturated heterocycles. The molecule has 1 rings (SSSR count). The van der Waals surface area contributed by atoms with Gasteiger partial charge in [-0.05, 0) is 30.7 Å². The van der Waals surface area contributed by atoms with Crippen LogP contribution < -0.4 is 10.5 Å². The van der Waals surface area contributed by atoms with Gasteiger partial charge >= 0.3 is 6.61 Å². The average Bonchev–Trinajstić information content (AvgIpc) is 2.28. The summed E-state index contributed by atoms with van der Waals surface area (Å²) in [4.78, 5) is 11.7. The van der Waals surface area contributed by atoms with E-state index in [1.54, 1.807) is 0 Å². The lowest BCUT2D eigenvalue weighted by Gasteiger charge is -2.08. The van der Waals surface area contributed by atoms with Gasteiger partial charge in [-0.1, -0.05) is 6.92 Å². The van der Waals surface area contributed by atoms with Crippen molar-refractivity contribution in [1.29, 1.82) is 0 Å². The number of alkyl halides is 2. The molecule has 0 aliphatic rings. The monoisotopic (exact) mass is 243 g/mol. The maximum Gasteiger partial charge on any atom is 0.387 e. The van der Waals surface area contributed by atoms with Gasteiger partial charge in [0.25, 0.3) is 0 Å². The molecule has 1 aromatic carbocycles. The maximum atomic E-state index is 11.9. The number of carbonyl (C=O) groups excluding carboxylic acids is 1. The van der Waals surface area contributed by atoms with E-state index in [4.69, 9.17) is 5.73 Å². The Morgan fingerprint density at radius 1 is 1.35 bits per heavy atom. The van der Waals surface area contributed by atoms with Crippen molar-refractivity contribution in [3.05, 3.63) is 29.8 Å². The van der Waals surface area contributed by atoms with Crippen LogP contribution in [0.15, 0.2) is 24.3 Å². The molecule has 0 saturated carbocycles. The van der Waals surface area contributed by atoms with Crippen LogP contribution in [0.3, 0.4) is 0 Å². The van der Waals surface area contributed by atoms with Crippen molar-refractivity contribution in [3.8, 4) is 5.75 Å². The molecule has 0 spiro atoms. The van der Waals surface area contributed by atoms with Crippen LogP contribution in [-0.2, 0) is 0 Å². The van der Waals surface area contributed by atoms with Gasteiger partial charge in [-0.2, -0.15) is 8.78 Å². The Kier molecular flexibility index (Phi) is 5.03. The minimum absolute atomic E-state index is 0.0383. The molecule has 1 aromatic rings. The first-order valence-corrected chi connectivity index (χ1v) is 5.36. The first kappa shape index (κ1) is 13.6. The van der Waals surface area contributed by atoms with Gasteiger partial charge in [0.1, 0.15) is 5.75 Å². The van der Waals surface area contributed by atoms with Gasteiger partial charge in [-0.25, -0.2) is 0 Å². The molecule has 0 fully saturated rings. The maximum absolute atomic E-state index is 11.9. The third-order valence-corrected chi connectivity index (χ3v) is 2.37. The highest BCUT2D eigenvalue weighted by Crippen LogP contribution is 2.16. The minimum Gasteiger partial charge on any atom is -0.435 e. The number of carbonyl (C=O) groups is 1. The largest absolute Gasteiger partial charge is 0.435 e. The third-order valence-electron chi connectivity index (χ3n) is 2.37. The highest BCUT2D eigenvalue weighted by atomic mass is 19.3. The predicted octanol–water partition coefficient (Wildman–Crippen LogP) is 2.60. The lowest BCUT2D eigenvalue weighted by molar-refractivity contribution is -0.0498. The summed E-state index contributed by atoms with van der Waals surface area (Å²) in [6.45, 7) is -0.956. The average molecular weight is 243 g/mol. The topological polar surface area (TPSA) is 52.3 Å². The molecule has 17 heavy (non-hydrogen) atoms. The molecule has 1 atom stereocenters. The number of Topliss-reactive ketones (excluding diaryl/α,β-unsaturated/α-hetero) is 1. The number of benzene rings is 1. The van der Waals surface area contributed by atoms with E-state index in [0.717, 1.165) is 6.42 Å². The van der Waals surface area contributed by atoms with Crippen LogP contribution in [0.1, 0.15) is 30.1 Å². The predicted molar refractivity (Wildman–Crippen MR) is 60.3 cm³/mol. The van der Waals surface area contributed by atoms with E-state index in [1.807, 2.05) is 6.92 Å². The van der Waals surface area contributed by atoms with E-state index in [9.17, 15) is 13.6 Å². The minimum atomic E-state index is -2.86. The highest BCUT2D eigenvalue weighted by Gasteiger charge is 2.11. The van der Waals surface area contributed by atoms with E-state index in [2.05, 4.69) is 4.74 Å². The fourth-order valence-electron chi connectivity index (χ4n) is 1.32. The fraction of sp³-hybridized carbons (Fsp3) is 0.417. The summed E-state index contributed by atoms with van der Waals surface area (Å²) in [6.07, 6.45) is 0.976. The second kappa shape index (κ2) is 6.30. The summed E-state index contributed by atoms with van der Waals surface area (Å²) in [5.74, 6) is -0.0562. The van der Waals surface area contributed by atoms with Crippen LogP contribution in [0.2, 0.25) is 0 Å².